The topological polar surface area (TPSA) is 161 Å². The molecule has 0 bridgehead atoms. The van der Waals surface area contributed by atoms with Crippen molar-refractivity contribution in [1.29, 1.82) is 0 Å². The Morgan fingerprint density at radius 1 is 0.795 bits per heavy atom. The molecule has 9 nitrogen and oxygen atoms in total. The quantitative estimate of drug-likeness (QED) is 0.297. The number of aromatic carboxylic acids is 1. The van der Waals surface area contributed by atoms with Crippen LogP contribution >= 0.6 is 35.1 Å². The molecule has 2 aliphatic rings. The molecule has 2 aromatic rings. The Labute approximate surface area is 271 Å². The van der Waals surface area contributed by atoms with Crippen molar-refractivity contribution in [1.82, 2.24) is 5.32 Å². The molecule has 0 saturated carbocycles. The number of allylic oxidation sites excluding steroid dienone is 6. The van der Waals surface area contributed by atoms with Gasteiger partial charge in [-0.15, -0.1) is 35.1 Å². The minimum absolute atomic E-state index is 0. The lowest BCUT2D eigenvalue weighted by atomic mass is 9.92. The van der Waals surface area contributed by atoms with Gasteiger partial charge in [0.1, 0.15) is 0 Å². The van der Waals surface area contributed by atoms with E-state index in [1.54, 1.807) is 11.4 Å². The number of nitrogens with one attached hydrogen (secondary N) is 1. The first-order valence-electron chi connectivity index (χ1n) is 13.3. The number of carbonyl (C=O) groups excluding carboxylic acids is 5. The van der Waals surface area contributed by atoms with Gasteiger partial charge < -0.3 is 16.2 Å². The smallest absolute Gasteiger partial charge is 0.336 e. The predicted octanol–water partition coefficient (Wildman–Crippen LogP) is 6.17. The number of nitrogens with two attached hydrogens (primary N) is 1. The van der Waals surface area contributed by atoms with Crippen LogP contribution in [0.1, 0.15) is 94.4 Å². The number of thiophene rings is 2. The Kier molecular flexibility index (Phi) is 15.2. The summed E-state index contributed by atoms with van der Waals surface area (Å²) in [6.07, 6.45) is 4.96. The summed E-state index contributed by atoms with van der Waals surface area (Å²) in [5, 5.41) is 14.3. The normalized spacial score (nSPS) is 14.2. The molecule has 1 amide bonds. The second kappa shape index (κ2) is 17.5. The van der Waals surface area contributed by atoms with E-state index in [0.717, 1.165) is 39.2 Å². The number of halogens is 1. The Morgan fingerprint density at radius 2 is 1.23 bits per heavy atom. The average Bonchev–Trinajstić information content (AvgIpc) is 3.60. The summed E-state index contributed by atoms with van der Waals surface area (Å²) in [6, 6.07) is 2.96. The number of hydrogen-bond donors (Lipinski definition) is 3. The van der Waals surface area contributed by atoms with Crippen molar-refractivity contribution in [2.45, 2.75) is 54.4 Å². The summed E-state index contributed by atoms with van der Waals surface area (Å²) < 4.78 is 0. The highest BCUT2D eigenvalue weighted by molar-refractivity contribution is 7.12. The number of carboxylic acids is 1. The summed E-state index contributed by atoms with van der Waals surface area (Å²) in [5.41, 5.74) is 11.6. The lowest BCUT2D eigenvalue weighted by molar-refractivity contribution is -0.115. The van der Waals surface area contributed by atoms with E-state index in [1.165, 1.54) is 36.6 Å². The first-order valence-corrected chi connectivity index (χ1v) is 15.1. The molecule has 2 aromatic heterocycles. The van der Waals surface area contributed by atoms with Crippen LogP contribution in [0.15, 0.2) is 68.5 Å². The van der Waals surface area contributed by atoms with Crippen molar-refractivity contribution >= 4 is 70.1 Å². The highest BCUT2D eigenvalue weighted by Crippen LogP contribution is 2.21. The molecule has 2 aliphatic carbocycles. The zero-order valence-corrected chi connectivity index (χ0v) is 27.9. The highest BCUT2D eigenvalue weighted by Gasteiger charge is 2.19. The Bertz CT molecular complexity index is 1560. The summed E-state index contributed by atoms with van der Waals surface area (Å²) in [6.45, 7) is 11.2. The minimum Gasteiger partial charge on any atom is -0.478 e. The van der Waals surface area contributed by atoms with Gasteiger partial charge in [0.15, 0.2) is 23.1 Å². The molecule has 2 heterocycles. The molecule has 0 unspecified atom stereocenters. The Morgan fingerprint density at radius 3 is 1.59 bits per heavy atom. The maximum absolute atomic E-state index is 12.0. The number of carbonyl (C=O) groups is 6. The molecule has 236 valence electrons. The van der Waals surface area contributed by atoms with Crippen molar-refractivity contribution in [2.24, 2.45) is 5.73 Å². The third kappa shape index (κ3) is 11.1. The molecule has 0 saturated heterocycles. The maximum Gasteiger partial charge on any atom is 0.336 e. The number of rotatable bonds is 7. The van der Waals surface area contributed by atoms with Crippen LogP contribution in [0.5, 0.6) is 0 Å². The van der Waals surface area contributed by atoms with Gasteiger partial charge in [-0.3, -0.25) is 24.0 Å². The van der Waals surface area contributed by atoms with Crippen LogP contribution in [-0.4, -0.2) is 53.2 Å². The van der Waals surface area contributed by atoms with Crippen LogP contribution in [-0.2, 0) is 9.59 Å². The molecular formula is C32H37ClN2O7S2. The van der Waals surface area contributed by atoms with Crippen molar-refractivity contribution in [3.8, 4) is 0 Å². The van der Waals surface area contributed by atoms with Gasteiger partial charge in [-0.25, -0.2) is 4.79 Å². The molecule has 44 heavy (non-hydrogen) atoms. The first-order chi connectivity index (χ1) is 20.1. The van der Waals surface area contributed by atoms with Crippen molar-refractivity contribution in [2.75, 3.05) is 13.1 Å². The Balaban J connectivity index is 0.000000357. The maximum atomic E-state index is 12.0. The number of Topliss-reactive ketones (excluding diaryl/α,β-unsaturated/α-hetero) is 4. The van der Waals surface area contributed by atoms with Gasteiger partial charge in [0, 0.05) is 47.8 Å². The van der Waals surface area contributed by atoms with E-state index in [9.17, 15) is 28.8 Å². The molecule has 4 rings (SSSR count). The van der Waals surface area contributed by atoms with Crippen molar-refractivity contribution in [3.63, 3.8) is 0 Å². The molecule has 0 spiro atoms. The van der Waals surface area contributed by atoms with Gasteiger partial charge >= 0.3 is 5.97 Å². The van der Waals surface area contributed by atoms with Crippen LogP contribution in [0.2, 0.25) is 0 Å². The average molecular weight is 661 g/mol. The van der Waals surface area contributed by atoms with E-state index in [4.69, 9.17) is 10.8 Å². The van der Waals surface area contributed by atoms with Crippen LogP contribution < -0.4 is 11.1 Å². The lowest BCUT2D eigenvalue weighted by Crippen LogP contribution is -2.29. The molecule has 0 fully saturated rings. The second-order valence-corrected chi connectivity index (χ2v) is 12.0. The van der Waals surface area contributed by atoms with Crippen LogP contribution in [0.3, 0.4) is 0 Å². The molecule has 0 aliphatic heterocycles. The standard InChI is InChI=1S/C16H17NO3S.C9H13NO.C7H6O3S.ClH/c1-9-4-10(2)13(14(19)5-9)7-17-16(20)12-6-15(11(3)18)21-8-12;1-6-3-7(2)8(5-10)9(11)4-6;1-4(8)6-2-5(3-11-6)7(9)10;/h4,6,8H,5,7H2,1-3H3,(H,17,20);3H,4-5,10H2,1-2H3;2-3H,1H3,(H,9,10);1H. The van der Waals surface area contributed by atoms with Gasteiger partial charge in [0.2, 0.25) is 0 Å². The molecule has 12 heteroatoms. The first kappa shape index (κ1) is 38.3. The van der Waals surface area contributed by atoms with Crippen LogP contribution in [0.25, 0.3) is 0 Å². The summed E-state index contributed by atoms with van der Waals surface area (Å²) in [4.78, 5) is 68.6. The van der Waals surface area contributed by atoms with E-state index >= 15 is 0 Å². The molecule has 4 N–H and O–H groups in total. The molecule has 0 atom stereocenters. The Hall–Kier alpha value is -3.77. The zero-order valence-electron chi connectivity index (χ0n) is 25.5. The second-order valence-electron chi connectivity index (χ2n) is 10.2. The summed E-state index contributed by atoms with van der Waals surface area (Å²) >= 11 is 2.41. The van der Waals surface area contributed by atoms with Crippen molar-refractivity contribution < 1.29 is 33.9 Å². The van der Waals surface area contributed by atoms with E-state index < -0.39 is 5.97 Å². The molecular weight excluding hydrogens is 624 g/mol. The van der Waals surface area contributed by atoms with E-state index in [0.29, 0.717) is 40.3 Å². The number of ketones is 4. The highest BCUT2D eigenvalue weighted by atomic mass is 35.5. The lowest BCUT2D eigenvalue weighted by Gasteiger charge is -2.15. The van der Waals surface area contributed by atoms with Gasteiger partial charge in [0.25, 0.3) is 5.91 Å². The van der Waals surface area contributed by atoms with E-state index in [-0.39, 0.29) is 53.6 Å². The van der Waals surface area contributed by atoms with Gasteiger partial charge in [-0.05, 0) is 64.8 Å². The largest absolute Gasteiger partial charge is 0.478 e. The third-order valence-corrected chi connectivity index (χ3v) is 8.52. The number of amides is 1. The third-order valence-electron chi connectivity index (χ3n) is 6.46. The zero-order chi connectivity index (χ0) is 32.4. The summed E-state index contributed by atoms with van der Waals surface area (Å²) in [7, 11) is 0. The fraction of sp³-hybridized carbons (Fsp3) is 0.312. The fourth-order valence-electron chi connectivity index (χ4n) is 4.23. The van der Waals surface area contributed by atoms with E-state index in [2.05, 4.69) is 5.32 Å². The molecule has 0 radical (unpaired) electrons. The van der Waals surface area contributed by atoms with Crippen LogP contribution in [0, 0.1) is 0 Å². The predicted molar refractivity (Wildman–Crippen MR) is 176 cm³/mol. The minimum atomic E-state index is -0.992. The van der Waals surface area contributed by atoms with Gasteiger partial charge in [0.05, 0.1) is 20.9 Å². The fourth-order valence-corrected chi connectivity index (χ4v) is 5.81. The van der Waals surface area contributed by atoms with Gasteiger partial charge in [-0.2, -0.15) is 0 Å². The van der Waals surface area contributed by atoms with Gasteiger partial charge in [-0.1, -0.05) is 23.3 Å². The van der Waals surface area contributed by atoms with Crippen molar-refractivity contribution in [3.05, 3.63) is 89.4 Å². The summed E-state index contributed by atoms with van der Waals surface area (Å²) in [5.74, 6) is -1.16. The van der Waals surface area contributed by atoms with E-state index in [1.807, 2.05) is 39.8 Å². The monoisotopic (exact) mass is 660 g/mol. The number of carboxylic acid groups (broad SMARTS) is 1. The molecule has 0 aromatic carbocycles. The SMILES string of the molecule is CC(=O)c1cc(C(=O)NCC2=C(C)C=C(C)CC2=O)cs1.CC(=O)c1cc(C(=O)O)cs1.CC1=CC(C)=C(CN)C(=O)C1.Cl. The van der Waals surface area contributed by atoms with Crippen LogP contribution in [0.4, 0.5) is 0 Å². The number of hydrogen-bond acceptors (Lipinski definition) is 9.